The van der Waals surface area contributed by atoms with Crippen molar-refractivity contribution in [2.45, 2.75) is 89.8 Å². The zero-order valence-corrected chi connectivity index (χ0v) is 28.5. The molecule has 256 valence electrons. The van der Waals surface area contributed by atoms with E-state index in [0.717, 1.165) is 88.8 Å². The number of pyridine rings is 1. The summed E-state index contributed by atoms with van der Waals surface area (Å²) in [6, 6.07) is 6.01. The van der Waals surface area contributed by atoms with Gasteiger partial charge < -0.3 is 19.6 Å². The summed E-state index contributed by atoms with van der Waals surface area (Å²) in [5.74, 6) is 1.39. The second-order valence-corrected chi connectivity index (χ2v) is 14.9. The molecule has 1 aromatic carbocycles. The summed E-state index contributed by atoms with van der Waals surface area (Å²) in [5.41, 5.74) is 3.50. The number of carbonyl (C=O) groups is 1. The quantitative estimate of drug-likeness (QED) is 0.303. The van der Waals surface area contributed by atoms with Crippen molar-refractivity contribution in [1.82, 2.24) is 24.8 Å². The SMILES string of the molecule is CCC1CN2CC(CC)CC2(COc2nc(N3C[C@H]4CC[C@@H](C3)N4C(=O)O)c3cnc(-c4cccc5c4N(CC)CCC5)c(F)c3n2)C1. The van der Waals surface area contributed by atoms with Crippen molar-refractivity contribution >= 4 is 28.5 Å². The van der Waals surface area contributed by atoms with Gasteiger partial charge in [-0.2, -0.15) is 9.97 Å². The molecular formula is C37H48FN7O3. The fraction of sp³-hybridized carbons (Fsp3) is 0.622. The normalized spacial score (nSPS) is 28.3. The fourth-order valence-corrected chi connectivity index (χ4v) is 9.73. The number of fused-ring (bicyclic) bond motifs is 5. The molecule has 0 aliphatic carbocycles. The summed E-state index contributed by atoms with van der Waals surface area (Å²) < 4.78 is 23.6. The van der Waals surface area contributed by atoms with E-state index < -0.39 is 11.9 Å². The zero-order chi connectivity index (χ0) is 33.2. The van der Waals surface area contributed by atoms with E-state index in [9.17, 15) is 9.90 Å². The van der Waals surface area contributed by atoms with Crippen molar-refractivity contribution in [2.24, 2.45) is 11.8 Å². The fourth-order valence-electron chi connectivity index (χ4n) is 9.73. The number of hydrogen-bond acceptors (Lipinski definition) is 8. The smallest absolute Gasteiger partial charge is 0.407 e. The number of aryl methyl sites for hydroxylation is 1. The van der Waals surface area contributed by atoms with Crippen LogP contribution in [0, 0.1) is 17.7 Å². The number of anilines is 2. The van der Waals surface area contributed by atoms with Gasteiger partial charge in [0.15, 0.2) is 5.82 Å². The first kappa shape index (κ1) is 31.5. The van der Waals surface area contributed by atoms with E-state index in [1.807, 2.05) is 12.1 Å². The number of piperazine rings is 1. The molecule has 4 saturated heterocycles. The van der Waals surface area contributed by atoms with Crippen LogP contribution in [0.3, 0.4) is 0 Å². The van der Waals surface area contributed by atoms with Gasteiger partial charge in [-0.25, -0.2) is 9.18 Å². The summed E-state index contributed by atoms with van der Waals surface area (Å²) >= 11 is 0. The molecule has 10 nitrogen and oxygen atoms in total. The molecule has 1 N–H and O–H groups in total. The lowest BCUT2D eigenvalue weighted by atomic mass is 9.86. The largest absolute Gasteiger partial charge is 0.465 e. The lowest BCUT2D eigenvalue weighted by Gasteiger charge is -2.40. The highest BCUT2D eigenvalue weighted by atomic mass is 19.1. The van der Waals surface area contributed by atoms with Crippen LogP contribution < -0.4 is 14.5 Å². The van der Waals surface area contributed by atoms with Gasteiger partial charge in [0, 0.05) is 56.7 Å². The Bertz CT molecular complexity index is 1690. The molecule has 48 heavy (non-hydrogen) atoms. The maximum atomic E-state index is 17.0. The minimum absolute atomic E-state index is 0.0548. The van der Waals surface area contributed by atoms with Crippen molar-refractivity contribution in [3.63, 3.8) is 0 Å². The van der Waals surface area contributed by atoms with Gasteiger partial charge in [-0.15, -0.1) is 0 Å². The first-order valence-corrected chi connectivity index (χ1v) is 18.2. The molecule has 5 aliphatic heterocycles. The van der Waals surface area contributed by atoms with Crippen LogP contribution in [0.5, 0.6) is 6.01 Å². The number of amides is 1. The third-order valence-corrected chi connectivity index (χ3v) is 12.2. The van der Waals surface area contributed by atoms with Crippen LogP contribution in [0.15, 0.2) is 24.4 Å². The molecule has 7 heterocycles. The monoisotopic (exact) mass is 657 g/mol. The molecule has 1 amide bonds. The van der Waals surface area contributed by atoms with Crippen LogP contribution in [-0.2, 0) is 6.42 Å². The number of aromatic nitrogens is 3. The number of hydrogen-bond donors (Lipinski definition) is 1. The average molecular weight is 658 g/mol. The summed E-state index contributed by atoms with van der Waals surface area (Å²) in [6.07, 6.45) is 8.96. The lowest BCUT2D eigenvalue weighted by Crippen LogP contribution is -2.55. The first-order chi connectivity index (χ1) is 23.3. The highest BCUT2D eigenvalue weighted by Gasteiger charge is 2.51. The molecule has 0 radical (unpaired) electrons. The maximum Gasteiger partial charge on any atom is 0.407 e. The van der Waals surface area contributed by atoms with E-state index in [-0.39, 0.29) is 29.1 Å². The highest BCUT2D eigenvalue weighted by Crippen LogP contribution is 2.46. The molecule has 2 unspecified atom stereocenters. The van der Waals surface area contributed by atoms with Crippen molar-refractivity contribution in [3.05, 3.63) is 35.8 Å². The third kappa shape index (κ3) is 5.15. The van der Waals surface area contributed by atoms with Crippen LogP contribution >= 0.6 is 0 Å². The first-order valence-electron chi connectivity index (χ1n) is 18.2. The summed E-state index contributed by atoms with van der Waals surface area (Å²) in [4.78, 5) is 35.3. The second kappa shape index (κ2) is 12.3. The number of nitrogens with zero attached hydrogens (tertiary/aromatic N) is 7. The van der Waals surface area contributed by atoms with Gasteiger partial charge >= 0.3 is 12.1 Å². The Hall–Kier alpha value is -3.73. The van der Waals surface area contributed by atoms with Gasteiger partial charge in [-0.05, 0) is 62.8 Å². The Labute approximate surface area is 282 Å². The summed E-state index contributed by atoms with van der Waals surface area (Å²) in [6.45, 7) is 12.1. The molecular weight excluding hydrogens is 609 g/mol. The molecule has 0 saturated carbocycles. The van der Waals surface area contributed by atoms with E-state index in [2.05, 4.69) is 41.5 Å². The Kier molecular flexibility index (Phi) is 8.08. The van der Waals surface area contributed by atoms with Crippen LogP contribution in [0.2, 0.25) is 0 Å². The molecule has 2 bridgehead atoms. The molecule has 8 rings (SSSR count). The number of carboxylic acid groups (broad SMARTS) is 1. The number of para-hydroxylation sites is 1. The van der Waals surface area contributed by atoms with Crippen molar-refractivity contribution in [1.29, 1.82) is 0 Å². The average Bonchev–Trinajstić information content (AvgIpc) is 3.72. The summed E-state index contributed by atoms with van der Waals surface area (Å²) in [5, 5.41) is 10.4. The number of halogens is 1. The van der Waals surface area contributed by atoms with Gasteiger partial charge in [-0.3, -0.25) is 14.8 Å². The van der Waals surface area contributed by atoms with Gasteiger partial charge in [0.05, 0.1) is 23.0 Å². The van der Waals surface area contributed by atoms with E-state index in [0.29, 0.717) is 48.4 Å². The van der Waals surface area contributed by atoms with E-state index in [1.54, 1.807) is 11.1 Å². The van der Waals surface area contributed by atoms with Crippen molar-refractivity contribution in [3.8, 4) is 17.3 Å². The molecule has 4 fully saturated rings. The topological polar surface area (TPSA) is 98.2 Å². The van der Waals surface area contributed by atoms with Gasteiger partial charge in [0.2, 0.25) is 0 Å². The number of rotatable bonds is 8. The molecule has 4 atom stereocenters. The standard InChI is InChI=1S/C37H48FN7O3/c1-4-23-15-37(16-24(5-2)19-44(37)18-23)22-48-35-40-32-29(34(41-35)43-20-26-12-13-27(21-43)45(26)36(46)47)17-39-31(30(32)38)28-11-7-9-25-10-8-14-42(6-3)33(25)28/h7,9,11,17,23-24,26-27H,4-6,8,10,12-16,18-22H2,1-3H3,(H,46,47)/t23?,24?,26-,27+,37?. The van der Waals surface area contributed by atoms with Crippen LogP contribution in [-0.4, -0.2) is 99.4 Å². The predicted octanol–water partition coefficient (Wildman–Crippen LogP) is 6.21. The Balaban J connectivity index is 1.21. The number of benzene rings is 1. The molecule has 11 heteroatoms. The van der Waals surface area contributed by atoms with Crippen LogP contribution in [0.4, 0.5) is 20.7 Å². The molecule has 2 aromatic heterocycles. The van der Waals surface area contributed by atoms with Crippen LogP contribution in [0.1, 0.15) is 71.3 Å². The summed E-state index contributed by atoms with van der Waals surface area (Å²) in [7, 11) is 0. The molecule has 3 aromatic rings. The van der Waals surface area contributed by atoms with Gasteiger partial charge in [0.1, 0.15) is 23.6 Å². The number of ether oxygens (including phenoxy) is 1. The van der Waals surface area contributed by atoms with E-state index >= 15 is 4.39 Å². The second-order valence-electron chi connectivity index (χ2n) is 14.9. The minimum Gasteiger partial charge on any atom is -0.465 e. The minimum atomic E-state index is -0.879. The van der Waals surface area contributed by atoms with Crippen molar-refractivity contribution < 1.29 is 19.0 Å². The van der Waals surface area contributed by atoms with Gasteiger partial charge in [-0.1, -0.05) is 44.9 Å². The Morgan fingerprint density at radius 3 is 2.44 bits per heavy atom. The van der Waals surface area contributed by atoms with Crippen molar-refractivity contribution in [2.75, 3.05) is 55.7 Å². The Morgan fingerprint density at radius 1 is 1.04 bits per heavy atom. The van der Waals surface area contributed by atoms with Gasteiger partial charge in [0.25, 0.3) is 0 Å². The Morgan fingerprint density at radius 2 is 1.77 bits per heavy atom. The van der Waals surface area contributed by atoms with Crippen LogP contribution in [0.25, 0.3) is 22.2 Å². The highest BCUT2D eigenvalue weighted by molar-refractivity contribution is 5.93. The van der Waals surface area contributed by atoms with E-state index in [1.165, 1.54) is 5.56 Å². The molecule has 0 spiro atoms. The predicted molar refractivity (Wildman–Crippen MR) is 184 cm³/mol. The maximum absolute atomic E-state index is 17.0. The van der Waals surface area contributed by atoms with E-state index in [4.69, 9.17) is 19.7 Å². The lowest BCUT2D eigenvalue weighted by molar-refractivity contribution is 0.107. The zero-order valence-electron chi connectivity index (χ0n) is 28.5. The third-order valence-electron chi connectivity index (χ3n) is 12.2. The molecule has 5 aliphatic rings.